The van der Waals surface area contributed by atoms with Gasteiger partial charge in [0.25, 0.3) is 0 Å². The predicted molar refractivity (Wildman–Crippen MR) is 65.2 cm³/mol. The Labute approximate surface area is 104 Å². The minimum atomic E-state index is -1.39. The number of aliphatic carboxylic acids is 1. The molecule has 2 atom stereocenters. The zero-order valence-electron chi connectivity index (χ0n) is 10.1. The molecule has 0 saturated carbocycles. The van der Waals surface area contributed by atoms with Crippen LogP contribution in [0.4, 0.5) is 0 Å². The summed E-state index contributed by atoms with van der Waals surface area (Å²) in [6, 6.07) is 0. The van der Waals surface area contributed by atoms with Crippen LogP contribution in [0.15, 0.2) is 0 Å². The Bertz CT molecular complexity index is 313. The van der Waals surface area contributed by atoms with Gasteiger partial charge in [0.15, 0.2) is 0 Å². The van der Waals surface area contributed by atoms with Crippen LogP contribution in [0.2, 0.25) is 0 Å². The predicted octanol–water partition coefficient (Wildman–Crippen LogP) is 0.611. The van der Waals surface area contributed by atoms with Crippen LogP contribution in [0.25, 0.3) is 0 Å². The molecule has 1 aliphatic heterocycles. The molecule has 0 radical (unpaired) electrons. The number of piperidine rings is 1. The highest BCUT2D eigenvalue weighted by Crippen LogP contribution is 2.12. The van der Waals surface area contributed by atoms with Gasteiger partial charge in [-0.3, -0.25) is 13.8 Å². The van der Waals surface area contributed by atoms with Crippen LogP contribution in [0.3, 0.4) is 0 Å². The van der Waals surface area contributed by atoms with Gasteiger partial charge >= 0.3 is 5.97 Å². The maximum absolute atomic E-state index is 12.0. The van der Waals surface area contributed by atoms with Gasteiger partial charge in [-0.05, 0) is 26.2 Å². The van der Waals surface area contributed by atoms with E-state index in [0.717, 1.165) is 32.4 Å². The van der Waals surface area contributed by atoms with Crippen LogP contribution in [0, 0.1) is 0 Å². The van der Waals surface area contributed by atoms with Crippen molar-refractivity contribution in [2.75, 3.05) is 18.8 Å². The first kappa shape index (κ1) is 14.2. The summed E-state index contributed by atoms with van der Waals surface area (Å²) in [5.74, 6) is -1.03. The molecule has 0 aromatic heterocycles. The van der Waals surface area contributed by atoms with Crippen molar-refractivity contribution in [1.82, 2.24) is 4.90 Å². The number of carbonyl (C=O) groups excluding carboxylic acids is 1. The highest BCUT2D eigenvalue weighted by atomic mass is 32.2. The molecule has 1 rings (SSSR count). The van der Waals surface area contributed by atoms with E-state index in [-0.39, 0.29) is 18.1 Å². The summed E-state index contributed by atoms with van der Waals surface area (Å²) in [5.41, 5.74) is 0. The van der Waals surface area contributed by atoms with Crippen LogP contribution in [0.5, 0.6) is 0 Å². The van der Waals surface area contributed by atoms with E-state index in [1.54, 1.807) is 11.8 Å². The quantitative estimate of drug-likeness (QED) is 0.787. The smallest absolute Gasteiger partial charge is 0.304 e. The maximum atomic E-state index is 12.0. The van der Waals surface area contributed by atoms with E-state index >= 15 is 0 Å². The standard InChI is InChI=1S/C11H19NO4S/c1-9(17(16)8-5-10(13)14)11(15)12-6-3-2-4-7-12/h9H,2-8H2,1H3,(H,13,14). The molecule has 0 bridgehead atoms. The molecule has 1 fully saturated rings. The first-order valence-corrected chi connectivity index (χ1v) is 7.28. The van der Waals surface area contributed by atoms with Gasteiger partial charge in [0.1, 0.15) is 5.25 Å². The van der Waals surface area contributed by atoms with E-state index in [2.05, 4.69) is 0 Å². The maximum Gasteiger partial charge on any atom is 0.304 e. The summed E-state index contributed by atoms with van der Waals surface area (Å²) < 4.78 is 11.7. The number of carboxylic acids is 1. The van der Waals surface area contributed by atoms with Crippen molar-refractivity contribution in [3.63, 3.8) is 0 Å². The molecule has 1 N–H and O–H groups in total. The number of hydrogen-bond donors (Lipinski definition) is 1. The largest absolute Gasteiger partial charge is 0.481 e. The van der Waals surface area contributed by atoms with Crippen molar-refractivity contribution in [2.24, 2.45) is 0 Å². The van der Waals surface area contributed by atoms with Gasteiger partial charge in [-0.1, -0.05) is 0 Å². The minimum Gasteiger partial charge on any atom is -0.481 e. The molecule has 6 heteroatoms. The van der Waals surface area contributed by atoms with Crippen LogP contribution < -0.4 is 0 Å². The number of amides is 1. The molecule has 1 heterocycles. The van der Waals surface area contributed by atoms with Crippen LogP contribution >= 0.6 is 0 Å². The second-order valence-corrected chi connectivity index (χ2v) is 6.13. The van der Waals surface area contributed by atoms with E-state index in [0.29, 0.717) is 0 Å². The Kier molecular flexibility index (Phi) is 5.61. The summed E-state index contributed by atoms with van der Waals surface area (Å²) in [7, 11) is -1.39. The topological polar surface area (TPSA) is 74.7 Å². The fraction of sp³-hybridized carbons (Fsp3) is 0.818. The van der Waals surface area contributed by atoms with Crippen molar-refractivity contribution in [2.45, 2.75) is 37.9 Å². The summed E-state index contributed by atoms with van der Waals surface area (Å²) in [6.07, 6.45) is 2.99. The van der Waals surface area contributed by atoms with Gasteiger partial charge in [0.05, 0.1) is 6.42 Å². The Morgan fingerprint density at radius 2 is 1.88 bits per heavy atom. The Balaban J connectivity index is 2.44. The van der Waals surface area contributed by atoms with Crippen LogP contribution in [-0.2, 0) is 20.4 Å². The molecule has 5 nitrogen and oxygen atoms in total. The second-order valence-electron chi connectivity index (χ2n) is 4.26. The SMILES string of the molecule is CC(C(=O)N1CCCCC1)S(=O)CCC(=O)O. The van der Waals surface area contributed by atoms with Gasteiger partial charge in [0, 0.05) is 29.6 Å². The molecule has 1 saturated heterocycles. The summed E-state index contributed by atoms with van der Waals surface area (Å²) in [4.78, 5) is 24.1. The third kappa shape index (κ3) is 4.46. The van der Waals surface area contributed by atoms with Gasteiger partial charge in [-0.15, -0.1) is 0 Å². The lowest BCUT2D eigenvalue weighted by molar-refractivity contribution is -0.136. The molecule has 17 heavy (non-hydrogen) atoms. The number of rotatable bonds is 5. The van der Waals surface area contributed by atoms with Crippen LogP contribution in [0.1, 0.15) is 32.6 Å². The fourth-order valence-corrected chi connectivity index (χ4v) is 2.95. The third-order valence-electron chi connectivity index (χ3n) is 2.93. The Morgan fingerprint density at radius 1 is 1.29 bits per heavy atom. The van der Waals surface area contributed by atoms with E-state index < -0.39 is 22.0 Å². The summed E-state index contributed by atoms with van der Waals surface area (Å²) >= 11 is 0. The lowest BCUT2D eigenvalue weighted by Crippen LogP contribution is -2.43. The van der Waals surface area contributed by atoms with Crippen LogP contribution in [-0.4, -0.2) is 50.2 Å². The number of likely N-dealkylation sites (tertiary alicyclic amines) is 1. The molecule has 0 spiro atoms. The molecule has 0 aliphatic carbocycles. The highest BCUT2D eigenvalue weighted by Gasteiger charge is 2.26. The van der Waals surface area contributed by atoms with Gasteiger partial charge in [-0.25, -0.2) is 0 Å². The molecular weight excluding hydrogens is 242 g/mol. The van der Waals surface area contributed by atoms with Crippen molar-refractivity contribution in [1.29, 1.82) is 0 Å². The lowest BCUT2D eigenvalue weighted by Gasteiger charge is -2.28. The lowest BCUT2D eigenvalue weighted by atomic mass is 10.1. The van der Waals surface area contributed by atoms with Gasteiger partial charge < -0.3 is 10.0 Å². The normalized spacial score (nSPS) is 19.7. The summed E-state index contributed by atoms with van der Waals surface area (Å²) in [5, 5.41) is 7.91. The van der Waals surface area contributed by atoms with Crippen molar-refractivity contribution < 1.29 is 18.9 Å². The Morgan fingerprint density at radius 3 is 2.41 bits per heavy atom. The highest BCUT2D eigenvalue weighted by molar-refractivity contribution is 7.86. The second kappa shape index (κ2) is 6.74. The Hall–Kier alpha value is -0.910. The summed E-state index contributed by atoms with van der Waals surface area (Å²) in [6.45, 7) is 3.09. The first-order valence-electron chi connectivity index (χ1n) is 5.90. The van der Waals surface area contributed by atoms with E-state index in [4.69, 9.17) is 5.11 Å². The molecule has 1 aliphatic rings. The zero-order chi connectivity index (χ0) is 12.8. The van der Waals surface area contributed by atoms with Crippen molar-refractivity contribution >= 4 is 22.7 Å². The molecule has 2 unspecified atom stereocenters. The number of carboxylic acid groups (broad SMARTS) is 1. The van der Waals surface area contributed by atoms with Crippen molar-refractivity contribution in [3.05, 3.63) is 0 Å². The first-order chi connectivity index (χ1) is 8.02. The van der Waals surface area contributed by atoms with E-state index in [9.17, 15) is 13.8 Å². The zero-order valence-corrected chi connectivity index (χ0v) is 10.9. The monoisotopic (exact) mass is 261 g/mol. The fourth-order valence-electron chi connectivity index (χ4n) is 1.85. The molecule has 98 valence electrons. The number of carbonyl (C=O) groups is 2. The van der Waals surface area contributed by atoms with Gasteiger partial charge in [0.2, 0.25) is 5.91 Å². The molecule has 1 amide bonds. The number of hydrogen-bond acceptors (Lipinski definition) is 3. The molecule has 0 aromatic rings. The van der Waals surface area contributed by atoms with Crippen molar-refractivity contribution in [3.8, 4) is 0 Å². The third-order valence-corrected chi connectivity index (χ3v) is 4.52. The average molecular weight is 261 g/mol. The van der Waals surface area contributed by atoms with E-state index in [1.165, 1.54) is 0 Å². The average Bonchev–Trinajstić information content (AvgIpc) is 2.35. The van der Waals surface area contributed by atoms with E-state index in [1.807, 2.05) is 0 Å². The molecular formula is C11H19NO4S. The number of nitrogens with zero attached hydrogens (tertiary/aromatic N) is 1. The minimum absolute atomic E-state index is 0.0517. The molecule has 0 aromatic carbocycles. The van der Waals surface area contributed by atoms with Gasteiger partial charge in [-0.2, -0.15) is 0 Å².